The van der Waals surface area contributed by atoms with Crippen LogP contribution in [0.4, 0.5) is 0 Å². The van der Waals surface area contributed by atoms with E-state index in [4.69, 9.17) is 4.52 Å². The lowest BCUT2D eigenvalue weighted by atomic mass is 9.80. The van der Waals surface area contributed by atoms with E-state index in [1.807, 2.05) is 20.9 Å². The second-order valence-electron chi connectivity index (χ2n) is 7.05. The molecule has 0 radical (unpaired) electrons. The van der Waals surface area contributed by atoms with E-state index in [-0.39, 0.29) is 24.0 Å². The van der Waals surface area contributed by atoms with Gasteiger partial charge in [-0.15, -0.1) is 24.0 Å². The van der Waals surface area contributed by atoms with Gasteiger partial charge in [-0.1, -0.05) is 19.0 Å². The van der Waals surface area contributed by atoms with E-state index >= 15 is 0 Å². The molecule has 1 aliphatic carbocycles. The first-order valence-corrected chi connectivity index (χ1v) is 8.90. The Hall–Kier alpha value is -0.790. The maximum Gasteiger partial charge on any atom is 0.191 e. The number of aryl methyl sites for hydroxylation is 2. The van der Waals surface area contributed by atoms with Gasteiger partial charge in [0.05, 0.1) is 5.69 Å². The summed E-state index contributed by atoms with van der Waals surface area (Å²) < 4.78 is 5.21. The number of nitrogens with zero attached hydrogens (tertiary/aromatic N) is 2. The SMILES string of the molecule is CN=C(NCCc1c(C)noc1C)NC1CCC(C(C)C)CC1.I. The summed E-state index contributed by atoms with van der Waals surface area (Å²) in [5, 5.41) is 11.0. The van der Waals surface area contributed by atoms with E-state index in [0.29, 0.717) is 6.04 Å². The largest absolute Gasteiger partial charge is 0.361 e. The van der Waals surface area contributed by atoms with Gasteiger partial charge in [0.1, 0.15) is 5.76 Å². The third-order valence-electron chi connectivity index (χ3n) is 5.13. The number of aliphatic imine (C=N–C) groups is 1. The molecule has 6 heteroatoms. The molecule has 0 aromatic carbocycles. The monoisotopic (exact) mass is 448 g/mol. The van der Waals surface area contributed by atoms with Crippen LogP contribution in [0.2, 0.25) is 0 Å². The molecule has 0 amide bonds. The molecule has 0 atom stereocenters. The Kier molecular flexibility index (Phi) is 9.08. The first-order chi connectivity index (χ1) is 11.0. The summed E-state index contributed by atoms with van der Waals surface area (Å²) in [7, 11) is 1.84. The zero-order valence-corrected chi connectivity index (χ0v) is 18.0. The van der Waals surface area contributed by atoms with Crippen LogP contribution >= 0.6 is 24.0 Å². The first kappa shape index (κ1) is 21.3. The van der Waals surface area contributed by atoms with Crippen molar-refractivity contribution >= 4 is 29.9 Å². The molecule has 0 aliphatic heterocycles. The molecule has 0 saturated heterocycles. The van der Waals surface area contributed by atoms with Gasteiger partial charge in [-0.2, -0.15) is 0 Å². The Bertz CT molecular complexity index is 500. The molecule has 1 saturated carbocycles. The standard InChI is InChI=1S/C18H32N4O.HI/c1-12(2)15-6-8-16(9-7-15)21-18(19-5)20-11-10-17-13(3)22-23-14(17)4;/h12,15-16H,6-11H2,1-5H3,(H2,19,20,21);1H. The van der Waals surface area contributed by atoms with Gasteiger partial charge in [0.2, 0.25) is 0 Å². The van der Waals surface area contributed by atoms with Crippen LogP contribution < -0.4 is 10.6 Å². The van der Waals surface area contributed by atoms with Crippen molar-refractivity contribution in [1.82, 2.24) is 15.8 Å². The molecule has 1 aromatic rings. The summed E-state index contributed by atoms with van der Waals surface area (Å²) in [4.78, 5) is 4.36. The number of hydrogen-bond donors (Lipinski definition) is 2. The van der Waals surface area contributed by atoms with Crippen LogP contribution in [-0.4, -0.2) is 30.8 Å². The van der Waals surface area contributed by atoms with E-state index in [0.717, 1.165) is 42.2 Å². The Balaban J connectivity index is 0.00000288. The maximum absolute atomic E-state index is 5.21. The van der Waals surface area contributed by atoms with Crippen molar-refractivity contribution in [2.45, 2.75) is 65.8 Å². The summed E-state index contributed by atoms with van der Waals surface area (Å²) in [6.07, 6.45) is 6.04. The number of guanidine groups is 1. The summed E-state index contributed by atoms with van der Waals surface area (Å²) in [6.45, 7) is 9.48. The van der Waals surface area contributed by atoms with Crippen molar-refractivity contribution in [3.8, 4) is 0 Å². The lowest BCUT2D eigenvalue weighted by Gasteiger charge is -2.32. The highest BCUT2D eigenvalue weighted by molar-refractivity contribution is 14.0. The molecule has 0 unspecified atom stereocenters. The third kappa shape index (κ3) is 5.93. The van der Waals surface area contributed by atoms with E-state index in [2.05, 4.69) is 34.6 Å². The Labute approximate surface area is 163 Å². The van der Waals surface area contributed by atoms with Crippen LogP contribution in [0.1, 0.15) is 56.5 Å². The average molecular weight is 448 g/mol. The topological polar surface area (TPSA) is 62.5 Å². The zero-order valence-electron chi connectivity index (χ0n) is 15.7. The van der Waals surface area contributed by atoms with Gasteiger partial charge in [-0.05, 0) is 57.8 Å². The number of hydrogen-bond acceptors (Lipinski definition) is 3. The summed E-state index contributed by atoms with van der Waals surface area (Å²) in [5.41, 5.74) is 2.18. The molecule has 24 heavy (non-hydrogen) atoms. The van der Waals surface area contributed by atoms with Crippen LogP contribution in [0.5, 0.6) is 0 Å². The van der Waals surface area contributed by atoms with Crippen molar-refractivity contribution in [3.05, 3.63) is 17.0 Å². The van der Waals surface area contributed by atoms with E-state index in [9.17, 15) is 0 Å². The van der Waals surface area contributed by atoms with Gasteiger partial charge < -0.3 is 15.2 Å². The van der Waals surface area contributed by atoms with E-state index in [1.165, 1.54) is 31.2 Å². The molecule has 0 bridgehead atoms. The lowest BCUT2D eigenvalue weighted by molar-refractivity contribution is 0.250. The fourth-order valence-electron chi connectivity index (χ4n) is 3.48. The summed E-state index contributed by atoms with van der Waals surface area (Å²) in [6, 6.07) is 0.551. The minimum Gasteiger partial charge on any atom is -0.361 e. The lowest BCUT2D eigenvalue weighted by Crippen LogP contribution is -2.45. The first-order valence-electron chi connectivity index (χ1n) is 8.90. The van der Waals surface area contributed by atoms with Crippen LogP contribution in [0.3, 0.4) is 0 Å². The van der Waals surface area contributed by atoms with Crippen LogP contribution in [0, 0.1) is 25.7 Å². The van der Waals surface area contributed by atoms with Gasteiger partial charge in [0.15, 0.2) is 5.96 Å². The van der Waals surface area contributed by atoms with Gasteiger partial charge >= 0.3 is 0 Å². The van der Waals surface area contributed by atoms with Crippen LogP contribution in [0.25, 0.3) is 0 Å². The quantitative estimate of drug-likeness (QED) is 0.408. The molecular weight excluding hydrogens is 415 g/mol. The van der Waals surface area contributed by atoms with E-state index in [1.54, 1.807) is 0 Å². The Morgan fingerprint density at radius 2 is 1.92 bits per heavy atom. The van der Waals surface area contributed by atoms with Crippen molar-refractivity contribution in [1.29, 1.82) is 0 Å². The number of rotatable bonds is 5. The second-order valence-corrected chi connectivity index (χ2v) is 7.05. The van der Waals surface area contributed by atoms with Crippen molar-refractivity contribution in [2.75, 3.05) is 13.6 Å². The van der Waals surface area contributed by atoms with Gasteiger partial charge in [0.25, 0.3) is 0 Å². The van der Waals surface area contributed by atoms with Crippen LogP contribution in [-0.2, 0) is 6.42 Å². The Morgan fingerprint density at radius 1 is 1.25 bits per heavy atom. The molecule has 1 fully saturated rings. The molecule has 1 aliphatic rings. The second kappa shape index (κ2) is 10.3. The van der Waals surface area contributed by atoms with Crippen molar-refractivity contribution in [2.24, 2.45) is 16.8 Å². The number of aromatic nitrogens is 1. The predicted molar refractivity (Wildman–Crippen MR) is 110 cm³/mol. The molecule has 1 heterocycles. The fourth-order valence-corrected chi connectivity index (χ4v) is 3.48. The van der Waals surface area contributed by atoms with E-state index < -0.39 is 0 Å². The minimum absolute atomic E-state index is 0. The molecule has 2 rings (SSSR count). The zero-order chi connectivity index (χ0) is 16.8. The van der Waals surface area contributed by atoms with Crippen LogP contribution in [0.15, 0.2) is 9.52 Å². The number of nitrogens with one attached hydrogen (secondary N) is 2. The van der Waals surface area contributed by atoms with Gasteiger partial charge in [-0.3, -0.25) is 4.99 Å². The average Bonchev–Trinajstić information content (AvgIpc) is 2.86. The molecule has 5 nitrogen and oxygen atoms in total. The number of halogens is 1. The summed E-state index contributed by atoms with van der Waals surface area (Å²) in [5.74, 6) is 3.52. The normalized spacial score (nSPS) is 21.5. The maximum atomic E-state index is 5.21. The molecule has 0 spiro atoms. The molecular formula is C18H33IN4O. The third-order valence-corrected chi connectivity index (χ3v) is 5.13. The highest BCUT2D eigenvalue weighted by Gasteiger charge is 2.23. The Morgan fingerprint density at radius 3 is 2.42 bits per heavy atom. The minimum atomic E-state index is 0. The highest BCUT2D eigenvalue weighted by atomic mass is 127. The molecule has 138 valence electrons. The molecule has 1 aromatic heterocycles. The summed E-state index contributed by atoms with van der Waals surface area (Å²) >= 11 is 0. The smallest absolute Gasteiger partial charge is 0.191 e. The fraction of sp³-hybridized carbons (Fsp3) is 0.778. The van der Waals surface area contributed by atoms with Crippen molar-refractivity contribution < 1.29 is 4.52 Å². The molecule has 2 N–H and O–H groups in total. The highest BCUT2D eigenvalue weighted by Crippen LogP contribution is 2.29. The van der Waals surface area contributed by atoms with Gasteiger partial charge in [-0.25, -0.2) is 0 Å². The van der Waals surface area contributed by atoms with Crippen molar-refractivity contribution in [3.63, 3.8) is 0 Å². The van der Waals surface area contributed by atoms with Gasteiger partial charge in [0, 0.05) is 25.2 Å². The predicted octanol–water partition coefficient (Wildman–Crippen LogP) is 3.83.